The van der Waals surface area contributed by atoms with Crippen LogP contribution in [-0.4, -0.2) is 47.9 Å². The third-order valence-corrected chi connectivity index (χ3v) is 4.82. The van der Waals surface area contributed by atoms with Gasteiger partial charge in [-0.1, -0.05) is 6.07 Å². The van der Waals surface area contributed by atoms with Crippen LogP contribution in [-0.2, 0) is 9.84 Å². The Labute approximate surface area is 115 Å². The molecule has 20 heavy (non-hydrogen) atoms. The fourth-order valence-electron chi connectivity index (χ4n) is 2.08. The number of nitrogens with one attached hydrogen (secondary N) is 1. The molecule has 1 atom stereocenters. The van der Waals surface area contributed by atoms with Gasteiger partial charge in [0.25, 0.3) is 5.91 Å². The Morgan fingerprint density at radius 3 is 2.65 bits per heavy atom. The van der Waals surface area contributed by atoms with Crippen LogP contribution in [0.2, 0.25) is 0 Å². The minimum atomic E-state index is -3.11. The molecule has 8 heteroatoms. The molecule has 0 saturated carbocycles. The number of hydrogen-bond acceptors (Lipinski definition) is 5. The van der Waals surface area contributed by atoms with E-state index < -0.39 is 27.8 Å². The van der Waals surface area contributed by atoms with E-state index in [-0.39, 0.29) is 22.9 Å². The van der Waals surface area contributed by atoms with Crippen molar-refractivity contribution in [2.75, 3.05) is 11.5 Å². The molecular weight excluding hydrogens is 284 g/mol. The van der Waals surface area contributed by atoms with E-state index in [9.17, 15) is 18.0 Å². The Hall–Kier alpha value is -1.96. The number of carbonyl (C=O) groups excluding carboxylic acids is 1. The number of amides is 1. The number of nitrogens with zero attached hydrogens (tertiary/aromatic N) is 1. The maximum atomic E-state index is 11.9. The largest absolute Gasteiger partial charge is 0.477 e. The Balaban J connectivity index is 2.08. The predicted molar refractivity (Wildman–Crippen MR) is 70.3 cm³/mol. The molecule has 1 amide bonds. The van der Waals surface area contributed by atoms with E-state index in [1.807, 2.05) is 0 Å². The van der Waals surface area contributed by atoms with E-state index in [2.05, 4.69) is 10.3 Å². The van der Waals surface area contributed by atoms with Crippen molar-refractivity contribution < 1.29 is 23.1 Å². The zero-order chi connectivity index (χ0) is 14.8. The summed E-state index contributed by atoms with van der Waals surface area (Å²) >= 11 is 0. The standard InChI is InChI=1S/C12H14N2O5S/c15-11(9-4-1-5-10(14-9)12(16)17)13-8-3-2-6-20(18,19)7-8/h1,4-5,8H,2-3,6-7H2,(H,13,15)(H,16,17)/t8-/m1/s1. The molecule has 0 unspecified atom stereocenters. The van der Waals surface area contributed by atoms with Crippen LogP contribution in [0.1, 0.15) is 33.8 Å². The van der Waals surface area contributed by atoms with Gasteiger partial charge in [0.2, 0.25) is 0 Å². The molecule has 1 aromatic rings. The predicted octanol–water partition coefficient (Wildman–Crippen LogP) is 0.0868. The third-order valence-electron chi connectivity index (χ3n) is 3.00. The van der Waals surface area contributed by atoms with Gasteiger partial charge >= 0.3 is 5.97 Å². The number of aromatic nitrogens is 1. The lowest BCUT2D eigenvalue weighted by atomic mass is 10.2. The summed E-state index contributed by atoms with van der Waals surface area (Å²) in [7, 11) is -3.11. The number of hydrogen-bond donors (Lipinski definition) is 2. The first-order valence-corrected chi connectivity index (χ1v) is 7.91. The first kappa shape index (κ1) is 14.4. The fourth-order valence-corrected chi connectivity index (χ4v) is 3.71. The van der Waals surface area contributed by atoms with Gasteiger partial charge in [0, 0.05) is 6.04 Å². The second-order valence-corrected chi connectivity index (χ2v) is 6.87. The fraction of sp³-hybridized carbons (Fsp3) is 0.417. The first-order valence-electron chi connectivity index (χ1n) is 6.09. The number of pyridine rings is 1. The Morgan fingerprint density at radius 1 is 1.30 bits per heavy atom. The van der Waals surface area contributed by atoms with Crippen LogP contribution in [0, 0.1) is 0 Å². The Kier molecular flexibility index (Phi) is 4.03. The molecule has 0 bridgehead atoms. The minimum absolute atomic E-state index is 0.0344. The molecule has 108 valence electrons. The van der Waals surface area contributed by atoms with E-state index in [1.54, 1.807) is 0 Å². The summed E-state index contributed by atoms with van der Waals surface area (Å²) in [5.41, 5.74) is -0.262. The molecule has 0 spiro atoms. The second kappa shape index (κ2) is 5.58. The third kappa shape index (κ3) is 3.53. The number of carboxylic acids is 1. The van der Waals surface area contributed by atoms with Crippen molar-refractivity contribution in [1.82, 2.24) is 10.3 Å². The van der Waals surface area contributed by atoms with Crippen LogP contribution >= 0.6 is 0 Å². The van der Waals surface area contributed by atoms with E-state index in [0.717, 1.165) is 0 Å². The normalized spacial score (nSPS) is 21.1. The summed E-state index contributed by atoms with van der Waals surface area (Å²) in [6.45, 7) is 0. The zero-order valence-corrected chi connectivity index (χ0v) is 11.4. The first-order chi connectivity index (χ1) is 9.37. The topological polar surface area (TPSA) is 113 Å². The van der Waals surface area contributed by atoms with Gasteiger partial charge in [-0.05, 0) is 25.0 Å². The molecule has 2 rings (SSSR count). The molecule has 1 aromatic heterocycles. The molecule has 2 heterocycles. The number of aromatic carboxylic acids is 1. The molecule has 0 aromatic carbocycles. The lowest BCUT2D eigenvalue weighted by molar-refractivity contribution is 0.0690. The highest BCUT2D eigenvalue weighted by Gasteiger charge is 2.26. The van der Waals surface area contributed by atoms with E-state index in [0.29, 0.717) is 12.8 Å². The van der Waals surface area contributed by atoms with E-state index >= 15 is 0 Å². The van der Waals surface area contributed by atoms with Crippen molar-refractivity contribution >= 4 is 21.7 Å². The molecule has 0 aliphatic carbocycles. The summed E-state index contributed by atoms with van der Waals surface area (Å²) in [6, 6.07) is 3.64. The van der Waals surface area contributed by atoms with Gasteiger partial charge in [-0.15, -0.1) is 0 Å². The van der Waals surface area contributed by atoms with Crippen molar-refractivity contribution in [1.29, 1.82) is 0 Å². The maximum Gasteiger partial charge on any atom is 0.354 e. The highest BCUT2D eigenvalue weighted by atomic mass is 32.2. The SMILES string of the molecule is O=C(O)c1cccc(C(=O)N[C@@H]2CCCS(=O)(=O)C2)n1. The molecule has 0 radical (unpaired) electrons. The highest BCUT2D eigenvalue weighted by Crippen LogP contribution is 2.12. The maximum absolute atomic E-state index is 11.9. The summed E-state index contributed by atoms with van der Waals surface area (Å²) in [5.74, 6) is -1.72. The van der Waals surface area contributed by atoms with Crippen LogP contribution in [0.15, 0.2) is 18.2 Å². The van der Waals surface area contributed by atoms with E-state index in [1.165, 1.54) is 18.2 Å². The smallest absolute Gasteiger partial charge is 0.354 e. The molecule has 7 nitrogen and oxygen atoms in total. The lowest BCUT2D eigenvalue weighted by Gasteiger charge is -2.22. The molecular formula is C12H14N2O5S. The van der Waals surface area contributed by atoms with Crippen LogP contribution < -0.4 is 5.32 Å². The van der Waals surface area contributed by atoms with Crippen molar-refractivity contribution in [3.8, 4) is 0 Å². The van der Waals surface area contributed by atoms with Crippen molar-refractivity contribution in [3.63, 3.8) is 0 Å². The average molecular weight is 298 g/mol. The highest BCUT2D eigenvalue weighted by molar-refractivity contribution is 7.91. The van der Waals surface area contributed by atoms with Gasteiger partial charge in [0.15, 0.2) is 9.84 Å². The van der Waals surface area contributed by atoms with Gasteiger partial charge in [0.05, 0.1) is 11.5 Å². The van der Waals surface area contributed by atoms with Crippen LogP contribution in [0.3, 0.4) is 0 Å². The lowest BCUT2D eigenvalue weighted by Crippen LogP contribution is -2.43. The van der Waals surface area contributed by atoms with Crippen molar-refractivity contribution in [2.45, 2.75) is 18.9 Å². The zero-order valence-electron chi connectivity index (χ0n) is 10.6. The van der Waals surface area contributed by atoms with Gasteiger partial charge < -0.3 is 10.4 Å². The molecule has 1 fully saturated rings. The van der Waals surface area contributed by atoms with E-state index in [4.69, 9.17) is 5.11 Å². The Bertz CT molecular complexity index is 641. The summed E-state index contributed by atoms with van der Waals surface area (Å²) < 4.78 is 23.0. The quantitative estimate of drug-likeness (QED) is 0.817. The van der Waals surface area contributed by atoms with Gasteiger partial charge in [-0.25, -0.2) is 18.2 Å². The van der Waals surface area contributed by atoms with Crippen LogP contribution in [0.25, 0.3) is 0 Å². The number of carboxylic acid groups (broad SMARTS) is 1. The van der Waals surface area contributed by atoms with Crippen LogP contribution in [0.5, 0.6) is 0 Å². The van der Waals surface area contributed by atoms with Crippen molar-refractivity contribution in [3.05, 3.63) is 29.6 Å². The minimum Gasteiger partial charge on any atom is -0.477 e. The monoisotopic (exact) mass is 298 g/mol. The second-order valence-electron chi connectivity index (χ2n) is 4.64. The summed E-state index contributed by atoms with van der Waals surface area (Å²) in [4.78, 5) is 26.4. The number of rotatable bonds is 3. The molecule has 1 saturated heterocycles. The van der Waals surface area contributed by atoms with Gasteiger partial charge in [0.1, 0.15) is 11.4 Å². The van der Waals surface area contributed by atoms with Gasteiger partial charge in [-0.2, -0.15) is 0 Å². The summed E-state index contributed by atoms with van der Waals surface area (Å²) in [5, 5.41) is 11.4. The summed E-state index contributed by atoms with van der Waals surface area (Å²) in [6.07, 6.45) is 1.10. The Morgan fingerprint density at radius 2 is 2.00 bits per heavy atom. The number of sulfone groups is 1. The average Bonchev–Trinajstić information content (AvgIpc) is 2.37. The molecule has 2 N–H and O–H groups in total. The number of carbonyl (C=O) groups is 2. The van der Waals surface area contributed by atoms with Crippen molar-refractivity contribution in [2.24, 2.45) is 0 Å². The molecule has 1 aliphatic heterocycles. The van der Waals surface area contributed by atoms with Gasteiger partial charge in [-0.3, -0.25) is 4.79 Å². The molecule has 1 aliphatic rings. The van der Waals surface area contributed by atoms with Crippen LogP contribution in [0.4, 0.5) is 0 Å².